The molecule has 3 N–H and O–H groups in total. The first-order valence-corrected chi connectivity index (χ1v) is 7.67. The van der Waals surface area contributed by atoms with Crippen molar-refractivity contribution >= 4 is 23.7 Å². The van der Waals surface area contributed by atoms with Crippen molar-refractivity contribution < 1.29 is 14.3 Å². The smallest absolute Gasteiger partial charge is 0.318 e. The van der Waals surface area contributed by atoms with E-state index >= 15 is 0 Å². The predicted molar refractivity (Wildman–Crippen MR) is 83.5 cm³/mol. The predicted octanol–water partition coefficient (Wildman–Crippen LogP) is 1.43. The Bertz CT molecular complexity index is 508. The zero-order chi connectivity index (χ0) is 15.8. The molecule has 1 rings (SSSR count). The van der Waals surface area contributed by atoms with Crippen LogP contribution >= 0.6 is 11.8 Å². The number of thioether (sulfide) groups is 1. The Morgan fingerprint density at radius 1 is 1.43 bits per heavy atom. The van der Waals surface area contributed by atoms with Gasteiger partial charge in [0.15, 0.2) is 0 Å². The second-order valence-electron chi connectivity index (χ2n) is 4.59. The minimum absolute atomic E-state index is 0.222. The van der Waals surface area contributed by atoms with Gasteiger partial charge in [-0.3, -0.25) is 10.1 Å². The van der Waals surface area contributed by atoms with Gasteiger partial charge in [0.2, 0.25) is 5.91 Å². The van der Waals surface area contributed by atoms with Crippen LogP contribution in [-0.2, 0) is 11.3 Å². The molecule has 0 aliphatic rings. The molecule has 7 heteroatoms. The SMILES string of the molecule is COc1cc(CN(C)CCC(=O)NC(N)=O)ccc1SC. The third-order valence-corrected chi connectivity index (χ3v) is 3.66. The number of amides is 3. The Morgan fingerprint density at radius 2 is 2.14 bits per heavy atom. The molecule has 0 saturated heterocycles. The number of carbonyl (C=O) groups is 2. The average molecular weight is 311 g/mol. The van der Waals surface area contributed by atoms with Gasteiger partial charge in [-0.25, -0.2) is 4.79 Å². The summed E-state index contributed by atoms with van der Waals surface area (Å²) in [4.78, 5) is 25.0. The second kappa shape index (κ2) is 8.53. The minimum Gasteiger partial charge on any atom is -0.496 e. The van der Waals surface area contributed by atoms with Crippen LogP contribution in [0.2, 0.25) is 0 Å². The maximum atomic E-state index is 11.3. The number of benzene rings is 1. The monoisotopic (exact) mass is 311 g/mol. The molecule has 0 aromatic heterocycles. The van der Waals surface area contributed by atoms with Gasteiger partial charge in [0.25, 0.3) is 0 Å². The molecule has 0 fully saturated rings. The zero-order valence-electron chi connectivity index (χ0n) is 12.5. The van der Waals surface area contributed by atoms with E-state index < -0.39 is 6.03 Å². The molecule has 21 heavy (non-hydrogen) atoms. The van der Waals surface area contributed by atoms with Gasteiger partial charge in [0.1, 0.15) is 5.75 Å². The standard InChI is InChI=1S/C14H21N3O3S/c1-17(7-6-13(18)16-14(15)19)9-10-4-5-12(21-3)11(8-10)20-2/h4-5,8H,6-7,9H2,1-3H3,(H3,15,16,18,19). The van der Waals surface area contributed by atoms with Crippen LogP contribution in [-0.4, -0.2) is 43.8 Å². The van der Waals surface area contributed by atoms with E-state index in [9.17, 15) is 9.59 Å². The lowest BCUT2D eigenvalue weighted by atomic mass is 10.2. The summed E-state index contributed by atoms with van der Waals surface area (Å²) in [5.41, 5.74) is 5.98. The quantitative estimate of drug-likeness (QED) is 0.744. The molecule has 0 heterocycles. The van der Waals surface area contributed by atoms with Crippen molar-refractivity contribution in [2.75, 3.05) is 27.0 Å². The number of nitrogens with two attached hydrogens (primary N) is 1. The maximum Gasteiger partial charge on any atom is 0.318 e. The number of urea groups is 1. The molecular formula is C14H21N3O3S. The number of imide groups is 1. The largest absolute Gasteiger partial charge is 0.496 e. The van der Waals surface area contributed by atoms with Crippen LogP contribution in [0, 0.1) is 0 Å². The number of primary amides is 1. The van der Waals surface area contributed by atoms with Crippen molar-refractivity contribution in [1.29, 1.82) is 0 Å². The van der Waals surface area contributed by atoms with Crippen LogP contribution in [0.4, 0.5) is 4.79 Å². The Kier molecular flexibility index (Phi) is 7.04. The molecule has 0 atom stereocenters. The van der Waals surface area contributed by atoms with Crippen molar-refractivity contribution in [3.63, 3.8) is 0 Å². The van der Waals surface area contributed by atoms with E-state index in [2.05, 4.69) is 0 Å². The summed E-state index contributed by atoms with van der Waals surface area (Å²) in [7, 11) is 3.56. The average Bonchev–Trinajstić information content (AvgIpc) is 2.44. The summed E-state index contributed by atoms with van der Waals surface area (Å²) >= 11 is 1.63. The van der Waals surface area contributed by atoms with Gasteiger partial charge in [0.05, 0.1) is 7.11 Å². The summed E-state index contributed by atoms with van der Waals surface area (Å²) in [5, 5.41) is 2.05. The molecule has 0 aliphatic heterocycles. The van der Waals surface area contributed by atoms with Crippen LogP contribution in [0.1, 0.15) is 12.0 Å². The van der Waals surface area contributed by atoms with Gasteiger partial charge in [-0.15, -0.1) is 11.8 Å². The molecular weight excluding hydrogens is 290 g/mol. The van der Waals surface area contributed by atoms with Crippen LogP contribution in [0.25, 0.3) is 0 Å². The van der Waals surface area contributed by atoms with E-state index in [0.29, 0.717) is 13.1 Å². The Hall–Kier alpha value is -1.73. The fraction of sp³-hybridized carbons (Fsp3) is 0.429. The molecule has 0 saturated carbocycles. The van der Waals surface area contributed by atoms with Gasteiger partial charge >= 0.3 is 6.03 Å². The third kappa shape index (κ3) is 6.05. The van der Waals surface area contributed by atoms with E-state index in [1.807, 2.05) is 41.7 Å². The number of nitrogens with one attached hydrogen (secondary N) is 1. The highest BCUT2D eigenvalue weighted by molar-refractivity contribution is 7.98. The number of ether oxygens (including phenoxy) is 1. The lowest BCUT2D eigenvalue weighted by molar-refractivity contribution is -0.120. The maximum absolute atomic E-state index is 11.3. The van der Waals surface area contributed by atoms with Gasteiger partial charge in [-0.1, -0.05) is 6.07 Å². The van der Waals surface area contributed by atoms with Gasteiger partial charge in [0, 0.05) is 24.4 Å². The normalized spacial score (nSPS) is 10.5. The van der Waals surface area contributed by atoms with Crippen LogP contribution in [0.15, 0.2) is 23.1 Å². The fourth-order valence-electron chi connectivity index (χ4n) is 1.86. The first-order chi connectivity index (χ1) is 9.96. The molecule has 0 aliphatic carbocycles. The van der Waals surface area contributed by atoms with Gasteiger partial charge < -0.3 is 15.4 Å². The first-order valence-electron chi connectivity index (χ1n) is 6.45. The summed E-state index contributed by atoms with van der Waals surface area (Å²) < 4.78 is 5.35. The lowest BCUT2D eigenvalue weighted by Crippen LogP contribution is -2.36. The Morgan fingerprint density at radius 3 is 2.71 bits per heavy atom. The molecule has 0 radical (unpaired) electrons. The van der Waals surface area contributed by atoms with E-state index in [4.69, 9.17) is 10.5 Å². The number of carbonyl (C=O) groups excluding carboxylic acids is 2. The molecule has 6 nitrogen and oxygen atoms in total. The van der Waals surface area contributed by atoms with E-state index in [-0.39, 0.29) is 12.3 Å². The zero-order valence-corrected chi connectivity index (χ0v) is 13.3. The third-order valence-electron chi connectivity index (χ3n) is 2.88. The number of methoxy groups -OCH3 is 1. The summed E-state index contributed by atoms with van der Waals surface area (Å²) in [6, 6.07) is 5.23. The Labute approximate surface area is 129 Å². The summed E-state index contributed by atoms with van der Waals surface area (Å²) in [6.45, 7) is 1.22. The number of rotatable bonds is 7. The van der Waals surface area contributed by atoms with Crippen molar-refractivity contribution in [1.82, 2.24) is 10.2 Å². The van der Waals surface area contributed by atoms with Gasteiger partial charge in [-0.2, -0.15) is 0 Å². The molecule has 3 amide bonds. The van der Waals surface area contributed by atoms with Crippen LogP contribution < -0.4 is 15.8 Å². The second-order valence-corrected chi connectivity index (χ2v) is 5.44. The van der Waals surface area contributed by atoms with Crippen LogP contribution in [0.5, 0.6) is 5.75 Å². The number of hydrogen-bond acceptors (Lipinski definition) is 5. The number of nitrogens with zero attached hydrogens (tertiary/aromatic N) is 1. The van der Waals surface area contributed by atoms with Crippen molar-refractivity contribution in [3.8, 4) is 5.75 Å². The van der Waals surface area contributed by atoms with Crippen molar-refractivity contribution in [3.05, 3.63) is 23.8 Å². The molecule has 116 valence electrons. The topological polar surface area (TPSA) is 84.7 Å². The van der Waals surface area contributed by atoms with Crippen molar-refractivity contribution in [2.45, 2.75) is 17.9 Å². The lowest BCUT2D eigenvalue weighted by Gasteiger charge is -2.17. The van der Waals surface area contributed by atoms with E-state index in [0.717, 1.165) is 16.2 Å². The molecule has 1 aromatic rings. The first kappa shape index (κ1) is 17.3. The molecule has 0 spiro atoms. The minimum atomic E-state index is -0.819. The highest BCUT2D eigenvalue weighted by atomic mass is 32.2. The Balaban J connectivity index is 2.53. The molecule has 0 bridgehead atoms. The van der Waals surface area contributed by atoms with E-state index in [1.165, 1.54) is 0 Å². The molecule has 1 aromatic carbocycles. The highest BCUT2D eigenvalue weighted by Gasteiger charge is 2.08. The highest BCUT2D eigenvalue weighted by Crippen LogP contribution is 2.28. The van der Waals surface area contributed by atoms with Crippen molar-refractivity contribution in [2.24, 2.45) is 5.73 Å². The van der Waals surface area contributed by atoms with E-state index in [1.54, 1.807) is 18.9 Å². The fourth-order valence-corrected chi connectivity index (χ4v) is 2.41. The summed E-state index contributed by atoms with van der Waals surface area (Å²) in [5.74, 6) is 0.476. The van der Waals surface area contributed by atoms with Gasteiger partial charge in [-0.05, 0) is 31.0 Å². The molecule has 0 unspecified atom stereocenters. The number of hydrogen-bond donors (Lipinski definition) is 2. The van der Waals surface area contributed by atoms with Crippen LogP contribution in [0.3, 0.4) is 0 Å². The summed E-state index contributed by atoms with van der Waals surface area (Å²) in [6.07, 6.45) is 2.22.